The van der Waals surface area contributed by atoms with E-state index in [-0.39, 0.29) is 66.8 Å². The Balaban J connectivity index is 2.27. The molecular formula is C36H36O18. The minimum atomic E-state index is -1.47. The molecule has 288 valence electrons. The van der Waals surface area contributed by atoms with Crippen LogP contribution in [-0.4, -0.2) is 103 Å². The highest BCUT2D eigenvalue weighted by molar-refractivity contribution is 6.27. The monoisotopic (exact) mass is 756 g/mol. The number of carbonyl (C=O) groups is 6. The summed E-state index contributed by atoms with van der Waals surface area (Å²) < 4.78 is 34.1. The fourth-order valence-corrected chi connectivity index (χ4v) is 5.01. The first-order chi connectivity index (χ1) is 25.2. The summed E-state index contributed by atoms with van der Waals surface area (Å²) in [5, 5.41) is 59.1. The zero-order valence-corrected chi connectivity index (χ0v) is 29.5. The van der Waals surface area contributed by atoms with E-state index in [0.29, 0.717) is 0 Å². The highest BCUT2D eigenvalue weighted by Crippen LogP contribution is 2.48. The number of carboxylic acid groups (broad SMARTS) is 6. The molecule has 4 rings (SSSR count). The molecule has 0 saturated heterocycles. The predicted octanol–water partition coefficient (Wildman–Crippen LogP) is 4.26. The van der Waals surface area contributed by atoms with E-state index in [1.165, 1.54) is 77.9 Å². The second-order valence-electron chi connectivity index (χ2n) is 12.1. The molecule has 0 heterocycles. The zero-order valence-electron chi connectivity index (χ0n) is 29.5. The third kappa shape index (κ3) is 8.66. The van der Waals surface area contributed by atoms with E-state index >= 15 is 0 Å². The molecule has 0 bridgehead atoms. The van der Waals surface area contributed by atoms with Crippen LogP contribution < -0.4 is 28.4 Å². The number of rotatable bonds is 18. The average molecular weight is 757 g/mol. The molecule has 4 aromatic carbocycles. The molecule has 18 heteroatoms. The minimum Gasteiger partial charge on any atom is -0.479 e. The van der Waals surface area contributed by atoms with Crippen LogP contribution in [0.3, 0.4) is 0 Å². The van der Waals surface area contributed by atoms with Gasteiger partial charge in [-0.25, -0.2) is 28.8 Å². The highest BCUT2D eigenvalue weighted by Gasteiger charge is 2.27. The fraction of sp³-hybridized carbons (Fsp3) is 0.333. The van der Waals surface area contributed by atoms with Gasteiger partial charge in [0.05, 0.1) is 0 Å². The van der Waals surface area contributed by atoms with Gasteiger partial charge in [-0.2, -0.15) is 0 Å². The maximum absolute atomic E-state index is 11.8. The van der Waals surface area contributed by atoms with Gasteiger partial charge in [0.1, 0.15) is 0 Å². The minimum absolute atomic E-state index is 0.224. The van der Waals surface area contributed by atoms with E-state index in [1.807, 2.05) is 0 Å². The van der Waals surface area contributed by atoms with Crippen LogP contribution in [0.25, 0.3) is 32.3 Å². The van der Waals surface area contributed by atoms with Crippen LogP contribution in [0.1, 0.15) is 41.5 Å². The van der Waals surface area contributed by atoms with Gasteiger partial charge in [0.15, 0.2) is 71.1 Å². The van der Waals surface area contributed by atoms with Crippen molar-refractivity contribution in [3.8, 4) is 34.5 Å². The van der Waals surface area contributed by atoms with Crippen LogP contribution in [0.2, 0.25) is 0 Å². The standard InChI is InChI=1S/C36H36O18/c1-13(31(37)38)49-25-7-19-20(8-26(25)50-14(2)32(39)40)22-10-28(52-16(4)34(43)44)30(54-18(6)36(47)48)12-24(22)23-11-29(53-17(5)35(45)46)27(9-21(19)23)51-15(3)33(41)42/h7-18H,1-6H3,(H,37,38)(H,39,40)(H,41,42)(H,43,44)(H,45,46)(H,47,48). The number of hydrogen-bond acceptors (Lipinski definition) is 12. The lowest BCUT2D eigenvalue weighted by molar-refractivity contribution is -0.145. The SMILES string of the molecule is CC(Oc1cc2c3cc(OC(C)C(=O)O)c(OC(C)C(=O)O)cc3c3cc(OC(C)C(=O)O)c(OC(C)C(=O)O)cc3c2cc1OC(C)C(=O)O)C(=O)O. The number of hydrogen-bond donors (Lipinski definition) is 6. The van der Waals surface area contributed by atoms with Crippen molar-refractivity contribution in [3.05, 3.63) is 36.4 Å². The van der Waals surface area contributed by atoms with E-state index in [0.717, 1.165) is 0 Å². The molecule has 18 nitrogen and oxygen atoms in total. The normalized spacial score (nSPS) is 14.6. The summed E-state index contributed by atoms with van der Waals surface area (Å²) in [5.74, 6) is -9.59. The van der Waals surface area contributed by atoms with Gasteiger partial charge in [0.2, 0.25) is 0 Å². The maximum atomic E-state index is 11.8. The summed E-state index contributed by atoms with van der Waals surface area (Å²) in [7, 11) is 0. The zero-order chi connectivity index (χ0) is 40.3. The highest BCUT2D eigenvalue weighted by atomic mass is 16.6. The van der Waals surface area contributed by atoms with Gasteiger partial charge in [0.25, 0.3) is 0 Å². The smallest absolute Gasteiger partial charge is 0.344 e. The van der Waals surface area contributed by atoms with Crippen LogP contribution in [0.5, 0.6) is 34.5 Å². The van der Waals surface area contributed by atoms with Crippen molar-refractivity contribution in [2.75, 3.05) is 0 Å². The van der Waals surface area contributed by atoms with Gasteiger partial charge >= 0.3 is 35.8 Å². The summed E-state index contributed by atoms with van der Waals surface area (Å²) in [5.41, 5.74) is 0. The van der Waals surface area contributed by atoms with Gasteiger partial charge in [-0.15, -0.1) is 0 Å². The quantitative estimate of drug-likeness (QED) is 0.0773. The van der Waals surface area contributed by atoms with Gasteiger partial charge in [0, 0.05) is 0 Å². The Morgan fingerprint density at radius 3 is 0.519 bits per heavy atom. The Hall–Kier alpha value is -6.72. The molecule has 0 radical (unpaired) electrons. The molecular weight excluding hydrogens is 720 g/mol. The van der Waals surface area contributed by atoms with Crippen molar-refractivity contribution in [2.45, 2.75) is 78.2 Å². The van der Waals surface area contributed by atoms with Gasteiger partial charge < -0.3 is 59.1 Å². The predicted molar refractivity (Wildman–Crippen MR) is 185 cm³/mol. The van der Waals surface area contributed by atoms with Gasteiger partial charge in [-0.3, -0.25) is 0 Å². The largest absolute Gasteiger partial charge is 0.479 e. The maximum Gasteiger partial charge on any atom is 0.344 e. The molecule has 0 aromatic heterocycles. The third-order valence-corrected chi connectivity index (χ3v) is 8.03. The Bertz CT molecular complexity index is 1750. The Labute approximate surface area is 304 Å². The molecule has 6 atom stereocenters. The fourth-order valence-electron chi connectivity index (χ4n) is 5.01. The lowest BCUT2D eigenvalue weighted by Crippen LogP contribution is -2.26. The second kappa shape index (κ2) is 15.9. The van der Waals surface area contributed by atoms with Crippen molar-refractivity contribution in [3.63, 3.8) is 0 Å². The molecule has 0 amide bonds. The molecule has 0 fully saturated rings. The van der Waals surface area contributed by atoms with E-state index in [1.54, 1.807) is 0 Å². The molecule has 4 aromatic rings. The van der Waals surface area contributed by atoms with E-state index in [4.69, 9.17) is 28.4 Å². The lowest BCUT2D eigenvalue weighted by Gasteiger charge is -2.23. The summed E-state index contributed by atoms with van der Waals surface area (Å²) in [6.45, 7) is 7.30. The summed E-state index contributed by atoms with van der Waals surface area (Å²) >= 11 is 0. The third-order valence-electron chi connectivity index (χ3n) is 8.03. The number of benzene rings is 4. The van der Waals surface area contributed by atoms with E-state index in [9.17, 15) is 59.4 Å². The number of carboxylic acids is 6. The van der Waals surface area contributed by atoms with Crippen molar-refractivity contribution in [1.82, 2.24) is 0 Å². The summed E-state index contributed by atoms with van der Waals surface area (Å²) in [6.07, 6.45) is -8.84. The summed E-state index contributed by atoms with van der Waals surface area (Å²) in [4.78, 5) is 70.9. The molecule has 0 saturated carbocycles. The Morgan fingerprint density at radius 1 is 0.315 bits per heavy atom. The molecule has 0 aliphatic rings. The molecule has 0 aliphatic heterocycles. The lowest BCUT2D eigenvalue weighted by atomic mass is 9.93. The second-order valence-corrected chi connectivity index (χ2v) is 12.1. The van der Waals surface area contributed by atoms with Crippen LogP contribution in [0.15, 0.2) is 36.4 Å². The van der Waals surface area contributed by atoms with Crippen LogP contribution in [0, 0.1) is 0 Å². The molecule has 6 unspecified atom stereocenters. The molecule has 0 aliphatic carbocycles. The number of aliphatic carboxylic acids is 6. The van der Waals surface area contributed by atoms with Crippen LogP contribution in [0.4, 0.5) is 0 Å². The van der Waals surface area contributed by atoms with Crippen LogP contribution in [-0.2, 0) is 28.8 Å². The van der Waals surface area contributed by atoms with E-state index in [2.05, 4.69) is 0 Å². The first kappa shape index (κ1) is 40.1. The van der Waals surface area contributed by atoms with Crippen molar-refractivity contribution < 1.29 is 87.8 Å². The first-order valence-corrected chi connectivity index (χ1v) is 16.1. The van der Waals surface area contributed by atoms with Gasteiger partial charge in [-0.1, -0.05) is 0 Å². The van der Waals surface area contributed by atoms with Crippen molar-refractivity contribution >= 4 is 68.1 Å². The topological polar surface area (TPSA) is 279 Å². The Morgan fingerprint density at radius 2 is 0.426 bits per heavy atom. The number of ether oxygens (including phenoxy) is 6. The van der Waals surface area contributed by atoms with Gasteiger partial charge in [-0.05, 0) is 110 Å². The van der Waals surface area contributed by atoms with E-state index < -0.39 is 72.4 Å². The number of fused-ring (bicyclic) bond motifs is 6. The molecule has 54 heavy (non-hydrogen) atoms. The van der Waals surface area contributed by atoms with Crippen LogP contribution >= 0.6 is 0 Å². The van der Waals surface area contributed by atoms with Crippen molar-refractivity contribution in [1.29, 1.82) is 0 Å². The average Bonchev–Trinajstić information content (AvgIpc) is 3.08. The Kier molecular flexibility index (Phi) is 11.8. The molecule has 0 spiro atoms. The molecule has 6 N–H and O–H groups in total. The summed E-state index contributed by atoms with van der Waals surface area (Å²) in [6, 6.07) is 8.02. The first-order valence-electron chi connectivity index (χ1n) is 16.1. The van der Waals surface area contributed by atoms with Crippen molar-refractivity contribution in [2.24, 2.45) is 0 Å².